The zero-order valence-electron chi connectivity index (χ0n) is 6.17. The van der Waals surface area contributed by atoms with Crippen LogP contribution in [0.4, 0.5) is 0 Å². The van der Waals surface area contributed by atoms with Gasteiger partial charge in [-0.05, 0) is 13.0 Å². The Bertz CT molecular complexity index is 145. The maximum atomic E-state index is 10.3. The van der Waals surface area contributed by atoms with Gasteiger partial charge in [-0.25, -0.2) is 0 Å². The van der Waals surface area contributed by atoms with Crippen molar-refractivity contribution in [3.05, 3.63) is 12.3 Å². The van der Waals surface area contributed by atoms with Crippen molar-refractivity contribution in [2.45, 2.75) is 26.2 Å². The molecule has 1 fully saturated rings. The lowest BCUT2D eigenvalue weighted by molar-refractivity contribution is -0.138. The molecule has 56 valence electrons. The highest BCUT2D eigenvalue weighted by molar-refractivity contribution is 5.76. The third kappa shape index (κ3) is 2.67. The molecule has 1 aliphatic carbocycles. The number of ether oxygens (including phenoxy) is 1. The van der Waals surface area contributed by atoms with E-state index in [1.807, 2.05) is 0 Å². The van der Waals surface area contributed by atoms with Gasteiger partial charge in [0.1, 0.15) is 0 Å². The normalized spacial score (nSPS) is 26.9. The van der Waals surface area contributed by atoms with Crippen LogP contribution in [0.15, 0.2) is 12.3 Å². The zero-order valence-corrected chi connectivity index (χ0v) is 6.17. The molecule has 10 heavy (non-hydrogen) atoms. The summed E-state index contributed by atoms with van der Waals surface area (Å²) in [6.45, 7) is 1.80. The second-order valence-electron chi connectivity index (χ2n) is 2.61. The molecule has 2 aliphatic rings. The molecule has 1 unspecified atom stereocenters. The van der Waals surface area contributed by atoms with E-state index in [2.05, 4.69) is 4.74 Å². The predicted molar refractivity (Wildman–Crippen MR) is 38.2 cm³/mol. The summed E-state index contributed by atoms with van der Waals surface area (Å²) in [4.78, 5) is 10.3. The Morgan fingerprint density at radius 3 is 2.20 bits per heavy atom. The SMILES string of the molecule is C1CC1.CC1C=COC1=O. The number of esters is 1. The number of carbonyl (C=O) groups excluding carboxylic acids is 1. The van der Waals surface area contributed by atoms with Crippen LogP contribution in [0.2, 0.25) is 0 Å². The molecule has 0 saturated heterocycles. The molecule has 1 heterocycles. The van der Waals surface area contributed by atoms with Crippen molar-refractivity contribution in [3.8, 4) is 0 Å². The lowest BCUT2D eigenvalue weighted by Crippen LogP contribution is -2.01. The van der Waals surface area contributed by atoms with Crippen LogP contribution in [-0.4, -0.2) is 5.97 Å². The number of carbonyl (C=O) groups is 1. The van der Waals surface area contributed by atoms with Gasteiger partial charge in [0.05, 0.1) is 12.2 Å². The highest BCUT2D eigenvalue weighted by Crippen LogP contribution is 2.14. The van der Waals surface area contributed by atoms with Gasteiger partial charge in [0.25, 0.3) is 0 Å². The first kappa shape index (κ1) is 7.32. The van der Waals surface area contributed by atoms with Crippen molar-refractivity contribution < 1.29 is 9.53 Å². The molecular formula is C8H12O2. The van der Waals surface area contributed by atoms with Crippen LogP contribution in [0, 0.1) is 5.92 Å². The van der Waals surface area contributed by atoms with Gasteiger partial charge in [-0.3, -0.25) is 4.79 Å². The van der Waals surface area contributed by atoms with E-state index in [-0.39, 0.29) is 11.9 Å². The second kappa shape index (κ2) is 3.40. The van der Waals surface area contributed by atoms with Gasteiger partial charge < -0.3 is 4.74 Å². The summed E-state index contributed by atoms with van der Waals surface area (Å²) in [7, 11) is 0. The second-order valence-corrected chi connectivity index (χ2v) is 2.61. The summed E-state index contributed by atoms with van der Waals surface area (Å²) < 4.78 is 4.45. The summed E-state index contributed by atoms with van der Waals surface area (Å²) in [6, 6.07) is 0. The molecule has 0 amide bonds. The Balaban J connectivity index is 0.000000138. The first-order chi connectivity index (χ1) is 4.80. The van der Waals surface area contributed by atoms with Gasteiger partial charge in [0.15, 0.2) is 0 Å². The monoisotopic (exact) mass is 140 g/mol. The topological polar surface area (TPSA) is 26.3 Å². The highest BCUT2D eigenvalue weighted by Gasteiger charge is 2.14. The fraction of sp³-hybridized carbons (Fsp3) is 0.625. The molecule has 2 rings (SSSR count). The van der Waals surface area contributed by atoms with Crippen LogP contribution in [0.3, 0.4) is 0 Å². The van der Waals surface area contributed by atoms with Gasteiger partial charge in [-0.2, -0.15) is 0 Å². The van der Waals surface area contributed by atoms with Crippen LogP contribution in [0.5, 0.6) is 0 Å². The van der Waals surface area contributed by atoms with E-state index >= 15 is 0 Å². The van der Waals surface area contributed by atoms with Gasteiger partial charge in [-0.15, -0.1) is 0 Å². The van der Waals surface area contributed by atoms with E-state index in [0.717, 1.165) is 0 Å². The molecule has 0 spiro atoms. The molecule has 0 N–H and O–H groups in total. The third-order valence-electron chi connectivity index (χ3n) is 1.28. The van der Waals surface area contributed by atoms with Crippen molar-refractivity contribution in [1.29, 1.82) is 0 Å². The molecule has 2 heteroatoms. The molecule has 2 nitrogen and oxygen atoms in total. The first-order valence-corrected chi connectivity index (χ1v) is 3.68. The van der Waals surface area contributed by atoms with Crippen LogP contribution >= 0.6 is 0 Å². The highest BCUT2D eigenvalue weighted by atomic mass is 16.5. The lowest BCUT2D eigenvalue weighted by atomic mass is 10.2. The standard InChI is InChI=1S/C5H6O2.C3H6/c1-4-2-3-7-5(4)6;1-2-3-1/h2-4H,1H3;1-3H2. The van der Waals surface area contributed by atoms with Crippen molar-refractivity contribution in [2.24, 2.45) is 5.92 Å². The molecule has 0 aromatic heterocycles. The van der Waals surface area contributed by atoms with E-state index in [4.69, 9.17) is 0 Å². The van der Waals surface area contributed by atoms with Crippen molar-refractivity contribution >= 4 is 5.97 Å². The molecule has 0 aromatic carbocycles. The summed E-state index contributed by atoms with van der Waals surface area (Å²) >= 11 is 0. The minimum Gasteiger partial charge on any atom is -0.434 e. The fourth-order valence-electron chi connectivity index (χ4n) is 0.410. The molecular weight excluding hydrogens is 128 g/mol. The largest absolute Gasteiger partial charge is 0.434 e. The third-order valence-corrected chi connectivity index (χ3v) is 1.28. The number of hydrogen-bond acceptors (Lipinski definition) is 2. The Hall–Kier alpha value is -0.790. The Labute approximate surface area is 60.9 Å². The molecule has 1 saturated carbocycles. The van der Waals surface area contributed by atoms with Gasteiger partial charge in [0, 0.05) is 0 Å². The number of cyclic esters (lactones) is 1. The molecule has 0 aromatic rings. The van der Waals surface area contributed by atoms with Crippen LogP contribution in [0.25, 0.3) is 0 Å². The maximum absolute atomic E-state index is 10.3. The Morgan fingerprint density at radius 2 is 2.10 bits per heavy atom. The van der Waals surface area contributed by atoms with E-state index in [0.29, 0.717) is 0 Å². The van der Waals surface area contributed by atoms with Gasteiger partial charge in [-0.1, -0.05) is 19.3 Å². The summed E-state index contributed by atoms with van der Waals surface area (Å²) in [6.07, 6.45) is 7.65. The summed E-state index contributed by atoms with van der Waals surface area (Å²) in [5.74, 6) is -0.181. The van der Waals surface area contributed by atoms with E-state index in [1.54, 1.807) is 13.0 Å². The fourth-order valence-corrected chi connectivity index (χ4v) is 0.410. The Morgan fingerprint density at radius 1 is 1.50 bits per heavy atom. The zero-order chi connectivity index (χ0) is 7.40. The summed E-state index contributed by atoms with van der Waals surface area (Å²) in [5.41, 5.74) is 0. The minimum atomic E-state index is -0.153. The van der Waals surface area contributed by atoms with E-state index in [9.17, 15) is 4.79 Å². The smallest absolute Gasteiger partial charge is 0.317 e. The van der Waals surface area contributed by atoms with Crippen molar-refractivity contribution in [3.63, 3.8) is 0 Å². The van der Waals surface area contributed by atoms with Crippen LogP contribution in [-0.2, 0) is 9.53 Å². The van der Waals surface area contributed by atoms with Crippen LogP contribution < -0.4 is 0 Å². The molecule has 1 aliphatic heterocycles. The average Bonchev–Trinajstić information content (AvgIpc) is 2.70. The number of rotatable bonds is 0. The quantitative estimate of drug-likeness (QED) is 0.480. The summed E-state index contributed by atoms with van der Waals surface area (Å²) in [5, 5.41) is 0. The van der Waals surface area contributed by atoms with E-state index in [1.165, 1.54) is 25.5 Å². The molecule has 0 bridgehead atoms. The molecule has 0 radical (unpaired) electrons. The van der Waals surface area contributed by atoms with E-state index < -0.39 is 0 Å². The molecule has 1 atom stereocenters. The van der Waals surface area contributed by atoms with Crippen molar-refractivity contribution in [1.82, 2.24) is 0 Å². The van der Waals surface area contributed by atoms with Gasteiger partial charge in [0.2, 0.25) is 0 Å². The minimum absolute atomic E-state index is 0.0278. The van der Waals surface area contributed by atoms with Gasteiger partial charge >= 0.3 is 5.97 Å². The first-order valence-electron chi connectivity index (χ1n) is 3.68. The lowest BCUT2D eigenvalue weighted by Gasteiger charge is -1.89. The maximum Gasteiger partial charge on any atom is 0.317 e. The number of hydrogen-bond donors (Lipinski definition) is 0. The van der Waals surface area contributed by atoms with Crippen LogP contribution in [0.1, 0.15) is 26.2 Å². The van der Waals surface area contributed by atoms with Crippen molar-refractivity contribution in [2.75, 3.05) is 0 Å². The predicted octanol–water partition coefficient (Wildman–Crippen LogP) is 1.86. The average molecular weight is 140 g/mol. The Kier molecular flexibility index (Phi) is 2.49.